The number of ether oxygens (including phenoxy) is 1. The predicted octanol–water partition coefficient (Wildman–Crippen LogP) is 2.54. The van der Waals surface area contributed by atoms with Crippen LogP contribution in [-0.4, -0.2) is 36.6 Å². The van der Waals surface area contributed by atoms with Crippen molar-refractivity contribution in [3.05, 3.63) is 0 Å². The molecule has 4 rings (SSSR count). The first kappa shape index (κ1) is 15.3. The summed E-state index contributed by atoms with van der Waals surface area (Å²) in [6, 6.07) is 0. The molecule has 1 aliphatic heterocycles. The van der Waals surface area contributed by atoms with E-state index in [-0.39, 0.29) is 11.3 Å². The highest BCUT2D eigenvalue weighted by molar-refractivity contribution is 5.81. The Balaban J connectivity index is 1.23. The molecule has 4 aliphatic rings. The van der Waals surface area contributed by atoms with E-state index in [1.165, 1.54) is 38.5 Å². The van der Waals surface area contributed by atoms with Gasteiger partial charge in [0.25, 0.3) is 0 Å². The van der Waals surface area contributed by atoms with E-state index in [1.54, 1.807) is 0 Å². The van der Waals surface area contributed by atoms with Gasteiger partial charge in [-0.25, -0.2) is 4.79 Å². The second kappa shape index (κ2) is 5.67. The molecular weight excluding hydrogens is 292 g/mol. The number of piperidine rings is 1. The van der Waals surface area contributed by atoms with Gasteiger partial charge >= 0.3 is 6.09 Å². The van der Waals surface area contributed by atoms with Crippen molar-refractivity contribution < 1.29 is 14.3 Å². The number of hydrogen-bond donors (Lipinski definition) is 1. The van der Waals surface area contributed by atoms with E-state index >= 15 is 0 Å². The molecule has 0 aromatic carbocycles. The standard InChI is InChI=1S/C18H28N2O3/c19-17(22)23-11-18-9-14(15(18)10-18)16(21)20-7-5-13(6-8-20)12-3-1-2-4-12/h12-15H,1-11H2,(H2,19,22)/t14-,15?,18-/m1/s1. The van der Waals surface area contributed by atoms with Crippen LogP contribution in [0.25, 0.3) is 0 Å². The fraction of sp³-hybridized carbons (Fsp3) is 0.889. The molecule has 0 bridgehead atoms. The van der Waals surface area contributed by atoms with E-state index < -0.39 is 6.09 Å². The average Bonchev–Trinajstić information content (AvgIpc) is 2.94. The molecule has 0 aromatic heterocycles. The number of amides is 2. The first-order chi connectivity index (χ1) is 11.1. The number of carbonyl (C=O) groups excluding carboxylic acids is 2. The van der Waals surface area contributed by atoms with Crippen LogP contribution in [0, 0.1) is 29.1 Å². The second-order valence-electron chi connectivity index (χ2n) is 8.30. The van der Waals surface area contributed by atoms with Gasteiger partial charge in [-0.1, -0.05) is 25.7 Å². The van der Waals surface area contributed by atoms with Gasteiger partial charge in [-0.05, 0) is 43.4 Å². The van der Waals surface area contributed by atoms with Gasteiger partial charge in [0.05, 0.1) is 6.61 Å². The molecule has 0 radical (unpaired) electrons. The molecule has 3 saturated carbocycles. The largest absolute Gasteiger partial charge is 0.449 e. The molecule has 2 N–H and O–H groups in total. The Bertz CT molecular complexity index is 494. The fourth-order valence-corrected chi connectivity index (χ4v) is 5.56. The van der Waals surface area contributed by atoms with E-state index in [1.807, 2.05) is 0 Å². The molecule has 128 valence electrons. The lowest BCUT2D eigenvalue weighted by Gasteiger charge is -2.40. The number of rotatable bonds is 4. The van der Waals surface area contributed by atoms with Crippen molar-refractivity contribution in [2.75, 3.05) is 19.7 Å². The molecule has 0 aromatic rings. The SMILES string of the molecule is NC(=O)OC[C@@]12CC1[C@H](C(=O)N1CCC(C3CCCC3)CC1)C2. The maximum atomic E-state index is 12.7. The van der Waals surface area contributed by atoms with Gasteiger partial charge in [0.1, 0.15) is 0 Å². The molecule has 3 atom stereocenters. The Kier molecular flexibility index (Phi) is 3.77. The number of hydrogen-bond acceptors (Lipinski definition) is 3. The van der Waals surface area contributed by atoms with Crippen LogP contribution in [0.15, 0.2) is 0 Å². The van der Waals surface area contributed by atoms with Gasteiger partial charge in [-0.15, -0.1) is 0 Å². The van der Waals surface area contributed by atoms with Crippen molar-refractivity contribution in [3.8, 4) is 0 Å². The number of nitrogens with zero attached hydrogens (tertiary/aromatic N) is 1. The smallest absolute Gasteiger partial charge is 0.404 e. The van der Waals surface area contributed by atoms with Crippen LogP contribution < -0.4 is 5.73 Å². The molecule has 23 heavy (non-hydrogen) atoms. The lowest BCUT2D eigenvalue weighted by atomic mass is 9.74. The van der Waals surface area contributed by atoms with Gasteiger partial charge in [0.15, 0.2) is 0 Å². The van der Waals surface area contributed by atoms with Gasteiger partial charge in [0.2, 0.25) is 5.91 Å². The second-order valence-corrected chi connectivity index (χ2v) is 8.30. The van der Waals surface area contributed by atoms with Crippen LogP contribution in [0.3, 0.4) is 0 Å². The molecule has 4 fully saturated rings. The molecular formula is C18H28N2O3. The van der Waals surface area contributed by atoms with Gasteiger partial charge in [-0.3, -0.25) is 4.79 Å². The summed E-state index contributed by atoms with van der Waals surface area (Å²) in [7, 11) is 0. The summed E-state index contributed by atoms with van der Waals surface area (Å²) >= 11 is 0. The zero-order valence-electron chi connectivity index (χ0n) is 13.8. The van der Waals surface area contributed by atoms with Crippen LogP contribution in [0.4, 0.5) is 4.79 Å². The molecule has 1 saturated heterocycles. The molecule has 1 unspecified atom stereocenters. The minimum Gasteiger partial charge on any atom is -0.449 e. The molecule has 1 heterocycles. The first-order valence-corrected chi connectivity index (χ1v) is 9.30. The predicted molar refractivity (Wildman–Crippen MR) is 85.4 cm³/mol. The lowest BCUT2D eigenvalue weighted by Crippen LogP contribution is -2.47. The van der Waals surface area contributed by atoms with Crippen LogP contribution in [0.5, 0.6) is 0 Å². The van der Waals surface area contributed by atoms with Crippen LogP contribution in [0.1, 0.15) is 51.4 Å². The third kappa shape index (κ3) is 2.72. The highest BCUT2D eigenvalue weighted by Crippen LogP contribution is 2.71. The maximum absolute atomic E-state index is 12.7. The van der Waals surface area contributed by atoms with Crippen molar-refractivity contribution in [2.45, 2.75) is 51.4 Å². The zero-order chi connectivity index (χ0) is 16.0. The highest BCUT2D eigenvalue weighted by Gasteiger charge is 2.69. The quantitative estimate of drug-likeness (QED) is 0.865. The van der Waals surface area contributed by atoms with E-state index in [0.29, 0.717) is 18.4 Å². The number of carbonyl (C=O) groups is 2. The number of fused-ring (bicyclic) bond motifs is 1. The van der Waals surface area contributed by atoms with Crippen molar-refractivity contribution >= 4 is 12.0 Å². The third-order valence-electron chi connectivity index (χ3n) is 7.10. The van der Waals surface area contributed by atoms with Gasteiger partial charge in [-0.2, -0.15) is 0 Å². The lowest BCUT2D eigenvalue weighted by molar-refractivity contribution is -0.142. The number of primary amides is 1. The minimum atomic E-state index is -0.700. The van der Waals surface area contributed by atoms with Crippen molar-refractivity contribution in [1.29, 1.82) is 0 Å². The average molecular weight is 320 g/mol. The summed E-state index contributed by atoms with van der Waals surface area (Å²) in [5.41, 5.74) is 5.13. The van der Waals surface area contributed by atoms with Crippen molar-refractivity contribution in [2.24, 2.45) is 34.8 Å². The van der Waals surface area contributed by atoms with Gasteiger partial charge in [0, 0.05) is 24.4 Å². The van der Waals surface area contributed by atoms with E-state index in [9.17, 15) is 9.59 Å². The fourth-order valence-electron chi connectivity index (χ4n) is 5.56. The maximum Gasteiger partial charge on any atom is 0.404 e. The normalized spacial score (nSPS) is 37.1. The van der Waals surface area contributed by atoms with E-state index in [4.69, 9.17) is 10.5 Å². The Hall–Kier alpha value is -1.26. The summed E-state index contributed by atoms with van der Waals surface area (Å²) < 4.78 is 4.95. The highest BCUT2D eigenvalue weighted by atomic mass is 16.5. The summed E-state index contributed by atoms with van der Waals surface area (Å²) in [4.78, 5) is 25.6. The number of nitrogens with two attached hydrogens (primary N) is 1. The summed E-state index contributed by atoms with van der Waals surface area (Å²) in [6.07, 6.45) is 9.23. The zero-order valence-corrected chi connectivity index (χ0v) is 13.8. The molecule has 5 heteroatoms. The molecule has 3 aliphatic carbocycles. The van der Waals surface area contributed by atoms with Crippen LogP contribution in [-0.2, 0) is 9.53 Å². The van der Waals surface area contributed by atoms with Crippen molar-refractivity contribution in [3.63, 3.8) is 0 Å². The van der Waals surface area contributed by atoms with E-state index in [0.717, 1.165) is 37.8 Å². The Morgan fingerprint density at radius 2 is 1.70 bits per heavy atom. The summed E-state index contributed by atoms with van der Waals surface area (Å²) in [5, 5.41) is 0. The Morgan fingerprint density at radius 3 is 2.30 bits per heavy atom. The first-order valence-electron chi connectivity index (χ1n) is 9.30. The summed E-state index contributed by atoms with van der Waals surface area (Å²) in [6.45, 7) is 2.31. The van der Waals surface area contributed by atoms with Crippen molar-refractivity contribution in [1.82, 2.24) is 4.90 Å². The van der Waals surface area contributed by atoms with Gasteiger partial charge < -0.3 is 15.4 Å². The molecule has 0 spiro atoms. The summed E-state index contributed by atoms with van der Waals surface area (Å²) in [5.74, 6) is 2.74. The molecule has 5 nitrogen and oxygen atoms in total. The van der Waals surface area contributed by atoms with Crippen LogP contribution in [0.2, 0.25) is 0 Å². The molecule has 2 amide bonds. The topological polar surface area (TPSA) is 72.6 Å². The monoisotopic (exact) mass is 320 g/mol. The van der Waals surface area contributed by atoms with E-state index in [2.05, 4.69) is 4.90 Å². The Morgan fingerprint density at radius 1 is 1.04 bits per heavy atom. The number of likely N-dealkylation sites (tertiary alicyclic amines) is 1. The van der Waals surface area contributed by atoms with Crippen LogP contribution >= 0.6 is 0 Å². The minimum absolute atomic E-state index is 0.0948. The third-order valence-corrected chi connectivity index (χ3v) is 7.10. The Labute approximate surface area is 137 Å².